The lowest BCUT2D eigenvalue weighted by atomic mass is 10.1. The first-order valence-corrected chi connectivity index (χ1v) is 9.01. The van der Waals surface area contributed by atoms with Crippen molar-refractivity contribution in [1.82, 2.24) is 9.88 Å². The molecule has 7 heteroatoms. The number of hydrogen-bond donors (Lipinski definition) is 1. The number of aromatic nitrogens is 1. The lowest BCUT2D eigenvalue weighted by Gasteiger charge is -2.22. The van der Waals surface area contributed by atoms with Gasteiger partial charge in [0.05, 0.1) is 12.1 Å². The molecule has 0 spiro atoms. The minimum absolute atomic E-state index is 0.0884. The zero-order chi connectivity index (χ0) is 19.7. The number of carbonyl (C=O) groups excluding carboxylic acids is 1. The maximum Gasteiger partial charge on any atom is 0.253 e. The quantitative estimate of drug-likeness (QED) is 0.735. The van der Waals surface area contributed by atoms with Gasteiger partial charge in [-0.05, 0) is 29.8 Å². The van der Waals surface area contributed by atoms with Crippen molar-refractivity contribution in [1.29, 1.82) is 0 Å². The van der Waals surface area contributed by atoms with Crippen molar-refractivity contribution in [2.45, 2.75) is 26.4 Å². The highest BCUT2D eigenvalue weighted by atomic mass is 19.1. The average Bonchev–Trinajstić information content (AvgIpc) is 3.14. The molecule has 28 heavy (non-hydrogen) atoms. The molecule has 0 aliphatic carbocycles. The molecule has 0 fully saturated rings. The summed E-state index contributed by atoms with van der Waals surface area (Å²) in [5.41, 5.74) is 1.64. The number of amides is 1. The monoisotopic (exact) mass is 382 g/mol. The summed E-state index contributed by atoms with van der Waals surface area (Å²) in [7, 11) is 0. The summed E-state index contributed by atoms with van der Waals surface area (Å²) in [5.74, 6) is 0.796. The Morgan fingerprint density at radius 2 is 1.82 bits per heavy atom. The molecule has 2 heterocycles. The molecular formula is C21H19FN2O4. The standard InChI is InChI=1S/C21H19FN2O4/c1-2-20(25)24(10-13-3-5-16(22)6-4-13)11-15-7-14-8-18-19(28-12-27-18)9-17(14)23-21(15)26/h3-9H,2,10-12H2,1H3,(H,23,26). The number of carbonyl (C=O) groups is 1. The summed E-state index contributed by atoms with van der Waals surface area (Å²) in [6.45, 7) is 2.37. The molecule has 0 unspecified atom stereocenters. The van der Waals surface area contributed by atoms with Gasteiger partial charge in [0.15, 0.2) is 11.5 Å². The van der Waals surface area contributed by atoms with Gasteiger partial charge in [-0.2, -0.15) is 0 Å². The van der Waals surface area contributed by atoms with Crippen molar-refractivity contribution >= 4 is 16.8 Å². The van der Waals surface area contributed by atoms with Crippen molar-refractivity contribution < 1.29 is 18.7 Å². The van der Waals surface area contributed by atoms with Crippen LogP contribution in [0.1, 0.15) is 24.5 Å². The normalized spacial score (nSPS) is 12.4. The minimum Gasteiger partial charge on any atom is -0.454 e. The van der Waals surface area contributed by atoms with Gasteiger partial charge in [-0.3, -0.25) is 9.59 Å². The van der Waals surface area contributed by atoms with Crippen LogP contribution in [0.3, 0.4) is 0 Å². The Balaban J connectivity index is 1.65. The summed E-state index contributed by atoms with van der Waals surface area (Å²) < 4.78 is 23.9. The molecule has 1 amide bonds. The molecule has 3 aromatic rings. The molecule has 0 radical (unpaired) electrons. The third-order valence-corrected chi connectivity index (χ3v) is 4.72. The van der Waals surface area contributed by atoms with Gasteiger partial charge in [0, 0.05) is 30.0 Å². The molecule has 6 nitrogen and oxygen atoms in total. The van der Waals surface area contributed by atoms with Crippen LogP contribution in [0, 0.1) is 5.82 Å². The van der Waals surface area contributed by atoms with E-state index in [1.807, 2.05) is 6.07 Å². The molecule has 0 atom stereocenters. The number of benzene rings is 2. The van der Waals surface area contributed by atoms with E-state index in [0.29, 0.717) is 35.5 Å². The topological polar surface area (TPSA) is 71.6 Å². The summed E-state index contributed by atoms with van der Waals surface area (Å²) in [6.07, 6.45) is 0.311. The zero-order valence-electron chi connectivity index (χ0n) is 15.3. The van der Waals surface area contributed by atoms with Gasteiger partial charge < -0.3 is 19.4 Å². The minimum atomic E-state index is -0.332. The number of aromatic amines is 1. The molecular weight excluding hydrogens is 363 g/mol. The van der Waals surface area contributed by atoms with Crippen molar-refractivity contribution in [2.24, 2.45) is 0 Å². The number of halogens is 1. The van der Waals surface area contributed by atoms with Gasteiger partial charge >= 0.3 is 0 Å². The van der Waals surface area contributed by atoms with E-state index in [4.69, 9.17) is 9.47 Å². The summed E-state index contributed by atoms with van der Waals surface area (Å²) in [4.78, 5) is 29.4. The fourth-order valence-electron chi connectivity index (χ4n) is 3.23. The second-order valence-corrected chi connectivity index (χ2v) is 6.65. The Hall–Kier alpha value is -3.35. The molecule has 1 aliphatic rings. The number of nitrogens with zero attached hydrogens (tertiary/aromatic N) is 1. The molecule has 0 bridgehead atoms. The highest BCUT2D eigenvalue weighted by Gasteiger charge is 2.18. The van der Waals surface area contributed by atoms with E-state index >= 15 is 0 Å². The van der Waals surface area contributed by atoms with Gasteiger partial charge in [0.2, 0.25) is 12.7 Å². The number of hydrogen-bond acceptors (Lipinski definition) is 4. The molecule has 1 N–H and O–H groups in total. The van der Waals surface area contributed by atoms with E-state index in [1.54, 1.807) is 36.1 Å². The van der Waals surface area contributed by atoms with Gasteiger partial charge in [-0.15, -0.1) is 0 Å². The van der Waals surface area contributed by atoms with Crippen LogP contribution >= 0.6 is 0 Å². The van der Waals surface area contributed by atoms with Crippen LogP contribution in [0.5, 0.6) is 11.5 Å². The second-order valence-electron chi connectivity index (χ2n) is 6.65. The third kappa shape index (κ3) is 3.55. The first-order valence-electron chi connectivity index (χ1n) is 9.01. The van der Waals surface area contributed by atoms with E-state index in [2.05, 4.69) is 4.98 Å². The van der Waals surface area contributed by atoms with Crippen LogP contribution in [0.25, 0.3) is 10.9 Å². The van der Waals surface area contributed by atoms with Gasteiger partial charge in [-0.25, -0.2) is 4.39 Å². The van der Waals surface area contributed by atoms with E-state index in [-0.39, 0.29) is 30.6 Å². The van der Waals surface area contributed by atoms with Crippen molar-refractivity contribution in [2.75, 3.05) is 6.79 Å². The second kappa shape index (κ2) is 7.34. The van der Waals surface area contributed by atoms with Crippen molar-refractivity contribution in [3.63, 3.8) is 0 Å². The summed E-state index contributed by atoms with van der Waals surface area (Å²) >= 11 is 0. The SMILES string of the molecule is CCC(=O)N(Cc1ccc(F)cc1)Cc1cc2cc3c(cc2[nH]c1=O)OCO3. The third-order valence-electron chi connectivity index (χ3n) is 4.72. The van der Waals surface area contributed by atoms with Crippen molar-refractivity contribution in [3.8, 4) is 11.5 Å². The molecule has 0 saturated carbocycles. The lowest BCUT2D eigenvalue weighted by molar-refractivity contribution is -0.132. The average molecular weight is 382 g/mol. The highest BCUT2D eigenvalue weighted by Crippen LogP contribution is 2.35. The Morgan fingerprint density at radius 3 is 2.54 bits per heavy atom. The van der Waals surface area contributed by atoms with Crippen LogP contribution in [-0.4, -0.2) is 22.6 Å². The van der Waals surface area contributed by atoms with E-state index in [9.17, 15) is 14.0 Å². The lowest BCUT2D eigenvalue weighted by Crippen LogP contribution is -2.31. The number of ether oxygens (including phenoxy) is 2. The van der Waals surface area contributed by atoms with E-state index in [1.165, 1.54) is 12.1 Å². The van der Waals surface area contributed by atoms with E-state index < -0.39 is 0 Å². The Bertz CT molecular complexity index is 1090. The fourth-order valence-corrected chi connectivity index (χ4v) is 3.23. The van der Waals surface area contributed by atoms with Crippen LogP contribution in [0.4, 0.5) is 4.39 Å². The van der Waals surface area contributed by atoms with Crippen LogP contribution in [-0.2, 0) is 17.9 Å². The molecule has 1 aliphatic heterocycles. The fraction of sp³-hybridized carbons (Fsp3) is 0.238. The molecule has 144 valence electrons. The predicted octanol–water partition coefficient (Wildman–Crippen LogP) is 3.33. The largest absolute Gasteiger partial charge is 0.454 e. The first-order chi connectivity index (χ1) is 13.5. The molecule has 0 saturated heterocycles. The predicted molar refractivity (Wildman–Crippen MR) is 102 cm³/mol. The number of H-pyrrole nitrogens is 1. The Kier molecular flexibility index (Phi) is 4.73. The number of nitrogens with one attached hydrogen (secondary N) is 1. The Labute approximate surface area is 160 Å². The summed E-state index contributed by atoms with van der Waals surface area (Å²) in [6, 6.07) is 11.3. The number of rotatable bonds is 5. The molecule has 4 rings (SSSR count). The Morgan fingerprint density at radius 1 is 1.11 bits per heavy atom. The number of pyridine rings is 1. The maximum absolute atomic E-state index is 13.1. The van der Waals surface area contributed by atoms with Crippen LogP contribution in [0.15, 0.2) is 47.3 Å². The molecule has 2 aromatic carbocycles. The highest BCUT2D eigenvalue weighted by molar-refractivity contribution is 5.83. The van der Waals surface area contributed by atoms with Crippen LogP contribution < -0.4 is 15.0 Å². The summed E-state index contributed by atoms with van der Waals surface area (Å²) in [5, 5.41) is 0.796. The van der Waals surface area contributed by atoms with Crippen LogP contribution in [0.2, 0.25) is 0 Å². The maximum atomic E-state index is 13.1. The molecule has 1 aromatic heterocycles. The van der Waals surface area contributed by atoms with Crippen molar-refractivity contribution in [3.05, 3.63) is 69.8 Å². The van der Waals surface area contributed by atoms with Gasteiger partial charge in [0.1, 0.15) is 5.82 Å². The van der Waals surface area contributed by atoms with Gasteiger partial charge in [0.25, 0.3) is 5.56 Å². The zero-order valence-corrected chi connectivity index (χ0v) is 15.3. The first kappa shape index (κ1) is 18.0. The van der Waals surface area contributed by atoms with E-state index in [0.717, 1.165) is 10.9 Å². The van der Waals surface area contributed by atoms with Gasteiger partial charge in [-0.1, -0.05) is 19.1 Å². The smallest absolute Gasteiger partial charge is 0.253 e. The number of fused-ring (bicyclic) bond motifs is 2.